The van der Waals surface area contributed by atoms with Gasteiger partial charge >= 0.3 is 0 Å². The van der Waals surface area contributed by atoms with Crippen LogP contribution in [0.3, 0.4) is 0 Å². The predicted octanol–water partition coefficient (Wildman–Crippen LogP) is 2.36. The van der Waals surface area contributed by atoms with Gasteiger partial charge in [-0.1, -0.05) is 36.4 Å². The second-order valence-corrected chi connectivity index (χ2v) is 7.24. The first kappa shape index (κ1) is 19.9. The normalized spacial score (nSPS) is 14.8. The molecular formula is C22H26FN7. The number of nitrogens with one attached hydrogen (secondary N) is 1. The van der Waals surface area contributed by atoms with Crippen LogP contribution in [0.25, 0.3) is 0 Å². The first-order chi connectivity index (χ1) is 14.7. The largest absolute Gasteiger partial charge is 0.366 e. The Morgan fingerprint density at radius 1 is 1.07 bits per heavy atom. The topological polar surface area (TPSA) is 61.6 Å². The van der Waals surface area contributed by atoms with Gasteiger partial charge < -0.3 is 15.1 Å². The monoisotopic (exact) mass is 407 g/mol. The summed E-state index contributed by atoms with van der Waals surface area (Å²) in [5.74, 6) is 0.698. The number of anilines is 1. The third-order valence-corrected chi connectivity index (χ3v) is 5.24. The molecule has 2 aromatic carbocycles. The number of guanidine groups is 1. The van der Waals surface area contributed by atoms with Crippen LogP contribution >= 0.6 is 0 Å². The fraction of sp³-hybridized carbons (Fsp3) is 0.318. The lowest BCUT2D eigenvalue weighted by molar-refractivity contribution is 0.370. The van der Waals surface area contributed by atoms with Crippen molar-refractivity contribution in [3.63, 3.8) is 0 Å². The summed E-state index contributed by atoms with van der Waals surface area (Å²) >= 11 is 0. The van der Waals surface area contributed by atoms with Crippen LogP contribution in [-0.4, -0.2) is 58.9 Å². The highest BCUT2D eigenvalue weighted by Crippen LogP contribution is 2.20. The number of hydrogen-bond acceptors (Lipinski definition) is 4. The Labute approximate surface area is 175 Å². The summed E-state index contributed by atoms with van der Waals surface area (Å²) in [6, 6.07) is 15.4. The van der Waals surface area contributed by atoms with Crippen molar-refractivity contribution >= 4 is 11.6 Å². The minimum atomic E-state index is -0.167. The molecule has 8 heteroatoms. The zero-order valence-electron chi connectivity index (χ0n) is 17.1. The van der Waals surface area contributed by atoms with Gasteiger partial charge in [0, 0.05) is 39.8 Å². The molecule has 3 aromatic rings. The number of para-hydroxylation sites is 1. The fourth-order valence-electron chi connectivity index (χ4n) is 3.72. The quantitative estimate of drug-likeness (QED) is 0.520. The van der Waals surface area contributed by atoms with Gasteiger partial charge in [0.2, 0.25) is 0 Å². The average molecular weight is 407 g/mol. The van der Waals surface area contributed by atoms with E-state index in [4.69, 9.17) is 0 Å². The summed E-state index contributed by atoms with van der Waals surface area (Å²) < 4.78 is 15.9. The third-order valence-electron chi connectivity index (χ3n) is 5.24. The molecule has 4 rings (SSSR count). The van der Waals surface area contributed by atoms with Gasteiger partial charge in [0.15, 0.2) is 5.96 Å². The summed E-state index contributed by atoms with van der Waals surface area (Å²) in [4.78, 5) is 12.7. The number of benzene rings is 2. The van der Waals surface area contributed by atoms with Gasteiger partial charge in [-0.15, -0.1) is 0 Å². The van der Waals surface area contributed by atoms with E-state index in [1.807, 2.05) is 12.1 Å². The van der Waals surface area contributed by atoms with Crippen LogP contribution in [0.2, 0.25) is 0 Å². The van der Waals surface area contributed by atoms with Gasteiger partial charge in [0.05, 0.1) is 12.2 Å². The zero-order valence-corrected chi connectivity index (χ0v) is 17.1. The SMILES string of the molecule is CN=C(NCc1cccc(Cn2cncn2)c1)N1CCN(c2ccccc2F)CC1. The maximum absolute atomic E-state index is 14.1. The van der Waals surface area contributed by atoms with Crippen LogP contribution in [-0.2, 0) is 13.1 Å². The third kappa shape index (κ3) is 4.76. The number of halogens is 1. The molecule has 30 heavy (non-hydrogen) atoms. The van der Waals surface area contributed by atoms with E-state index in [1.54, 1.807) is 30.5 Å². The van der Waals surface area contributed by atoms with Crippen molar-refractivity contribution in [2.45, 2.75) is 13.1 Å². The highest BCUT2D eigenvalue weighted by molar-refractivity contribution is 5.80. The highest BCUT2D eigenvalue weighted by Gasteiger charge is 2.21. The Morgan fingerprint density at radius 2 is 1.87 bits per heavy atom. The van der Waals surface area contributed by atoms with Crippen molar-refractivity contribution in [2.75, 3.05) is 38.1 Å². The van der Waals surface area contributed by atoms with Crippen molar-refractivity contribution in [2.24, 2.45) is 4.99 Å². The molecule has 1 aromatic heterocycles. The number of rotatable bonds is 5. The summed E-state index contributed by atoms with van der Waals surface area (Å²) in [5.41, 5.74) is 3.02. The van der Waals surface area contributed by atoms with E-state index >= 15 is 0 Å². The second-order valence-electron chi connectivity index (χ2n) is 7.24. The molecule has 0 amide bonds. The molecule has 0 atom stereocenters. The lowest BCUT2D eigenvalue weighted by Gasteiger charge is -2.37. The molecule has 1 saturated heterocycles. The van der Waals surface area contributed by atoms with Gasteiger partial charge in [-0.05, 0) is 23.3 Å². The van der Waals surface area contributed by atoms with Crippen LogP contribution in [0.4, 0.5) is 10.1 Å². The van der Waals surface area contributed by atoms with E-state index in [0.717, 1.165) is 32.1 Å². The van der Waals surface area contributed by atoms with E-state index in [-0.39, 0.29) is 5.82 Å². The summed E-state index contributed by atoms with van der Waals surface area (Å²) in [6.07, 6.45) is 3.26. The zero-order chi connectivity index (χ0) is 20.8. The first-order valence-electron chi connectivity index (χ1n) is 10.1. The van der Waals surface area contributed by atoms with E-state index in [0.29, 0.717) is 18.8 Å². The lowest BCUT2D eigenvalue weighted by Crippen LogP contribution is -2.52. The highest BCUT2D eigenvalue weighted by atomic mass is 19.1. The van der Waals surface area contributed by atoms with Crippen LogP contribution in [0, 0.1) is 5.82 Å². The molecule has 156 valence electrons. The van der Waals surface area contributed by atoms with Crippen molar-refractivity contribution in [3.8, 4) is 0 Å². The maximum Gasteiger partial charge on any atom is 0.194 e. The minimum absolute atomic E-state index is 0.167. The average Bonchev–Trinajstić information content (AvgIpc) is 3.28. The number of aliphatic imine (C=N–C) groups is 1. The number of aromatic nitrogens is 3. The number of hydrogen-bond donors (Lipinski definition) is 1. The molecule has 0 radical (unpaired) electrons. The predicted molar refractivity (Wildman–Crippen MR) is 116 cm³/mol. The molecule has 0 aliphatic carbocycles. The molecule has 1 aliphatic heterocycles. The second kappa shape index (κ2) is 9.39. The molecule has 0 bridgehead atoms. The molecule has 1 aliphatic rings. The Bertz CT molecular complexity index is 979. The Morgan fingerprint density at radius 3 is 2.60 bits per heavy atom. The van der Waals surface area contributed by atoms with Gasteiger partial charge in [0.1, 0.15) is 18.5 Å². The molecule has 0 unspecified atom stereocenters. The molecule has 7 nitrogen and oxygen atoms in total. The standard InChI is InChI=1S/C22H26FN7/c1-24-22(29-11-9-28(10-12-29)21-8-3-2-7-20(21)23)26-14-18-5-4-6-19(13-18)15-30-17-25-16-27-30/h2-8,13,16-17H,9-12,14-15H2,1H3,(H,24,26). The first-order valence-corrected chi connectivity index (χ1v) is 10.1. The van der Waals surface area contributed by atoms with Crippen molar-refractivity contribution in [1.29, 1.82) is 0 Å². The van der Waals surface area contributed by atoms with E-state index in [1.165, 1.54) is 17.2 Å². The maximum atomic E-state index is 14.1. The Hall–Kier alpha value is -3.42. The fourth-order valence-corrected chi connectivity index (χ4v) is 3.72. The van der Waals surface area contributed by atoms with E-state index < -0.39 is 0 Å². The van der Waals surface area contributed by atoms with E-state index in [9.17, 15) is 4.39 Å². The smallest absolute Gasteiger partial charge is 0.194 e. The molecule has 0 spiro atoms. The molecule has 0 saturated carbocycles. The van der Waals surface area contributed by atoms with Crippen molar-refractivity contribution in [3.05, 3.63) is 78.1 Å². The van der Waals surface area contributed by atoms with Crippen LogP contribution < -0.4 is 10.2 Å². The molecule has 2 heterocycles. The lowest BCUT2D eigenvalue weighted by atomic mass is 10.1. The summed E-state index contributed by atoms with van der Waals surface area (Å²) in [6.45, 7) is 4.48. The van der Waals surface area contributed by atoms with Crippen LogP contribution in [0.15, 0.2) is 66.2 Å². The Balaban J connectivity index is 1.32. The van der Waals surface area contributed by atoms with Crippen LogP contribution in [0.5, 0.6) is 0 Å². The summed E-state index contributed by atoms with van der Waals surface area (Å²) in [5, 5.41) is 7.62. The number of nitrogens with zero attached hydrogens (tertiary/aromatic N) is 6. The Kier molecular flexibility index (Phi) is 6.22. The minimum Gasteiger partial charge on any atom is -0.366 e. The van der Waals surface area contributed by atoms with Gasteiger partial charge in [-0.3, -0.25) is 4.99 Å². The number of piperazine rings is 1. The van der Waals surface area contributed by atoms with Gasteiger partial charge in [0.25, 0.3) is 0 Å². The molecule has 1 N–H and O–H groups in total. The van der Waals surface area contributed by atoms with Crippen LogP contribution in [0.1, 0.15) is 11.1 Å². The van der Waals surface area contributed by atoms with E-state index in [2.05, 4.69) is 54.5 Å². The van der Waals surface area contributed by atoms with Crippen molar-refractivity contribution in [1.82, 2.24) is 25.0 Å². The molecular weight excluding hydrogens is 381 g/mol. The molecule has 1 fully saturated rings. The van der Waals surface area contributed by atoms with Gasteiger partial charge in [-0.2, -0.15) is 5.10 Å². The van der Waals surface area contributed by atoms with Gasteiger partial charge in [-0.25, -0.2) is 14.1 Å². The van der Waals surface area contributed by atoms with Crippen molar-refractivity contribution < 1.29 is 4.39 Å². The summed E-state index contributed by atoms with van der Waals surface area (Å²) in [7, 11) is 1.80.